The monoisotopic (exact) mass is 290 g/mol. The number of pyridine rings is 1. The molecule has 0 spiro atoms. The van der Waals surface area contributed by atoms with Gasteiger partial charge in [0, 0.05) is 23.6 Å². The van der Waals surface area contributed by atoms with E-state index >= 15 is 0 Å². The van der Waals surface area contributed by atoms with Crippen LogP contribution in [0.25, 0.3) is 10.9 Å². The number of para-hydroxylation sites is 1. The molecule has 0 bridgehead atoms. The summed E-state index contributed by atoms with van der Waals surface area (Å²) >= 11 is 0. The standard InChI is InChI=1S/C18H18N4/c1-13-8-9-18(22-17(13)11-19)20-10-4-5-14-12-21-16-7-3-2-6-15(14)16/h2-3,6-9,12,21H,4-5,10H2,1H3,(H,20,22). The van der Waals surface area contributed by atoms with Gasteiger partial charge in [-0.25, -0.2) is 4.98 Å². The van der Waals surface area contributed by atoms with E-state index in [0.29, 0.717) is 5.69 Å². The van der Waals surface area contributed by atoms with Crippen molar-refractivity contribution in [3.05, 3.63) is 59.4 Å². The van der Waals surface area contributed by atoms with Crippen molar-refractivity contribution in [2.75, 3.05) is 11.9 Å². The molecule has 0 radical (unpaired) electrons. The number of nitrogens with zero attached hydrogens (tertiary/aromatic N) is 2. The third kappa shape index (κ3) is 2.94. The van der Waals surface area contributed by atoms with Crippen molar-refractivity contribution in [2.45, 2.75) is 19.8 Å². The predicted octanol–water partition coefficient (Wildman–Crippen LogP) is 3.79. The summed E-state index contributed by atoms with van der Waals surface area (Å²) in [4.78, 5) is 7.60. The number of nitriles is 1. The first-order chi connectivity index (χ1) is 10.8. The number of fused-ring (bicyclic) bond motifs is 1. The fourth-order valence-corrected chi connectivity index (χ4v) is 2.57. The van der Waals surface area contributed by atoms with Crippen molar-refractivity contribution in [2.24, 2.45) is 0 Å². The largest absolute Gasteiger partial charge is 0.370 e. The molecular formula is C18H18N4. The summed E-state index contributed by atoms with van der Waals surface area (Å²) in [5, 5.41) is 13.6. The molecule has 0 saturated carbocycles. The highest BCUT2D eigenvalue weighted by atomic mass is 15.0. The van der Waals surface area contributed by atoms with E-state index in [9.17, 15) is 0 Å². The van der Waals surface area contributed by atoms with Gasteiger partial charge in [0.1, 0.15) is 17.6 Å². The lowest BCUT2D eigenvalue weighted by Crippen LogP contribution is -2.05. The van der Waals surface area contributed by atoms with Crippen LogP contribution in [0.1, 0.15) is 23.2 Å². The first kappa shape index (κ1) is 14.2. The average Bonchev–Trinajstić information content (AvgIpc) is 2.96. The maximum absolute atomic E-state index is 9.00. The molecule has 0 saturated heterocycles. The van der Waals surface area contributed by atoms with Crippen molar-refractivity contribution in [1.82, 2.24) is 9.97 Å². The minimum Gasteiger partial charge on any atom is -0.370 e. The Morgan fingerprint density at radius 3 is 2.95 bits per heavy atom. The van der Waals surface area contributed by atoms with Gasteiger partial charge in [-0.1, -0.05) is 24.3 Å². The van der Waals surface area contributed by atoms with Gasteiger partial charge in [-0.3, -0.25) is 0 Å². The second-order valence-electron chi connectivity index (χ2n) is 5.36. The summed E-state index contributed by atoms with van der Waals surface area (Å²) < 4.78 is 0. The van der Waals surface area contributed by atoms with Gasteiger partial charge in [0.15, 0.2) is 0 Å². The summed E-state index contributed by atoms with van der Waals surface area (Å²) in [6, 6.07) is 14.3. The molecule has 0 aliphatic carbocycles. The maximum atomic E-state index is 9.00. The summed E-state index contributed by atoms with van der Waals surface area (Å²) in [5.41, 5.74) is 3.92. The molecule has 0 fully saturated rings. The Labute approximate surface area is 129 Å². The van der Waals surface area contributed by atoms with Crippen LogP contribution in [0, 0.1) is 18.3 Å². The van der Waals surface area contributed by atoms with Crippen molar-refractivity contribution in [3.63, 3.8) is 0 Å². The van der Waals surface area contributed by atoms with Crippen LogP contribution in [0.5, 0.6) is 0 Å². The Balaban J connectivity index is 1.57. The van der Waals surface area contributed by atoms with Gasteiger partial charge in [0.2, 0.25) is 0 Å². The van der Waals surface area contributed by atoms with Crippen LogP contribution >= 0.6 is 0 Å². The minimum absolute atomic E-state index is 0.488. The number of rotatable bonds is 5. The first-order valence-electron chi connectivity index (χ1n) is 7.44. The second kappa shape index (κ2) is 6.31. The van der Waals surface area contributed by atoms with Gasteiger partial charge in [0.05, 0.1) is 0 Å². The van der Waals surface area contributed by atoms with E-state index in [1.165, 1.54) is 16.5 Å². The normalized spacial score (nSPS) is 10.5. The number of anilines is 1. The molecule has 0 aliphatic heterocycles. The molecule has 0 atom stereocenters. The number of aryl methyl sites for hydroxylation is 2. The van der Waals surface area contributed by atoms with E-state index in [1.807, 2.05) is 25.1 Å². The quantitative estimate of drug-likeness (QED) is 0.703. The lowest BCUT2D eigenvalue weighted by atomic mass is 10.1. The molecule has 1 aromatic carbocycles. The fourth-order valence-electron chi connectivity index (χ4n) is 2.57. The summed E-state index contributed by atoms with van der Waals surface area (Å²) in [7, 11) is 0. The summed E-state index contributed by atoms with van der Waals surface area (Å²) in [6.45, 7) is 2.73. The number of hydrogen-bond donors (Lipinski definition) is 2. The molecule has 0 unspecified atom stereocenters. The maximum Gasteiger partial charge on any atom is 0.145 e. The van der Waals surface area contributed by atoms with Crippen LogP contribution in [-0.4, -0.2) is 16.5 Å². The zero-order valence-corrected chi connectivity index (χ0v) is 12.6. The average molecular weight is 290 g/mol. The smallest absolute Gasteiger partial charge is 0.145 e. The Morgan fingerprint density at radius 2 is 2.09 bits per heavy atom. The van der Waals surface area contributed by atoms with Gasteiger partial charge >= 0.3 is 0 Å². The number of aromatic amines is 1. The molecular weight excluding hydrogens is 272 g/mol. The van der Waals surface area contributed by atoms with Crippen molar-refractivity contribution in [3.8, 4) is 6.07 Å². The van der Waals surface area contributed by atoms with Crippen molar-refractivity contribution >= 4 is 16.7 Å². The van der Waals surface area contributed by atoms with Gasteiger partial charge in [-0.05, 0) is 43.0 Å². The topological polar surface area (TPSA) is 64.5 Å². The van der Waals surface area contributed by atoms with Gasteiger partial charge in [0.25, 0.3) is 0 Å². The molecule has 22 heavy (non-hydrogen) atoms. The lowest BCUT2D eigenvalue weighted by molar-refractivity contribution is 0.863. The molecule has 2 aromatic heterocycles. The van der Waals surface area contributed by atoms with Crippen LogP contribution in [0.4, 0.5) is 5.82 Å². The van der Waals surface area contributed by atoms with Crippen LogP contribution in [0.2, 0.25) is 0 Å². The molecule has 4 nitrogen and oxygen atoms in total. The van der Waals surface area contributed by atoms with Gasteiger partial charge in [-0.2, -0.15) is 5.26 Å². The fraction of sp³-hybridized carbons (Fsp3) is 0.222. The highest BCUT2D eigenvalue weighted by Crippen LogP contribution is 2.19. The molecule has 0 amide bonds. The Kier molecular flexibility index (Phi) is 4.06. The Morgan fingerprint density at radius 1 is 1.23 bits per heavy atom. The summed E-state index contributed by atoms with van der Waals surface area (Å²) in [6.07, 6.45) is 4.11. The van der Waals surface area contributed by atoms with E-state index in [4.69, 9.17) is 5.26 Å². The van der Waals surface area contributed by atoms with Gasteiger partial charge < -0.3 is 10.3 Å². The van der Waals surface area contributed by atoms with Crippen LogP contribution in [0.3, 0.4) is 0 Å². The molecule has 2 N–H and O–H groups in total. The van der Waals surface area contributed by atoms with Crippen LogP contribution in [-0.2, 0) is 6.42 Å². The van der Waals surface area contributed by atoms with E-state index < -0.39 is 0 Å². The number of benzene rings is 1. The van der Waals surface area contributed by atoms with Crippen LogP contribution < -0.4 is 5.32 Å². The zero-order valence-electron chi connectivity index (χ0n) is 12.6. The first-order valence-corrected chi connectivity index (χ1v) is 7.44. The molecule has 3 rings (SSSR count). The van der Waals surface area contributed by atoms with Crippen molar-refractivity contribution < 1.29 is 0 Å². The second-order valence-corrected chi connectivity index (χ2v) is 5.36. The zero-order chi connectivity index (χ0) is 15.4. The van der Waals surface area contributed by atoms with E-state index in [2.05, 4.69) is 45.7 Å². The third-order valence-electron chi connectivity index (χ3n) is 3.81. The number of nitrogens with one attached hydrogen (secondary N) is 2. The van der Waals surface area contributed by atoms with E-state index in [-0.39, 0.29) is 0 Å². The third-order valence-corrected chi connectivity index (χ3v) is 3.81. The SMILES string of the molecule is Cc1ccc(NCCCc2c[nH]c3ccccc23)nc1C#N. The molecule has 0 aliphatic rings. The number of aromatic nitrogens is 2. The Hall–Kier alpha value is -2.80. The summed E-state index contributed by atoms with van der Waals surface area (Å²) in [5.74, 6) is 0.765. The molecule has 110 valence electrons. The predicted molar refractivity (Wildman–Crippen MR) is 88.8 cm³/mol. The van der Waals surface area contributed by atoms with Crippen molar-refractivity contribution in [1.29, 1.82) is 5.26 Å². The van der Waals surface area contributed by atoms with Crippen LogP contribution in [0.15, 0.2) is 42.6 Å². The minimum atomic E-state index is 0.488. The van der Waals surface area contributed by atoms with E-state index in [1.54, 1.807) is 0 Å². The number of hydrogen-bond acceptors (Lipinski definition) is 3. The van der Waals surface area contributed by atoms with Gasteiger partial charge in [-0.15, -0.1) is 0 Å². The highest BCUT2D eigenvalue weighted by Gasteiger charge is 2.03. The lowest BCUT2D eigenvalue weighted by Gasteiger charge is -2.06. The van der Waals surface area contributed by atoms with E-state index in [0.717, 1.165) is 30.8 Å². The highest BCUT2D eigenvalue weighted by molar-refractivity contribution is 5.83. The molecule has 2 heterocycles. The number of H-pyrrole nitrogens is 1. The Bertz CT molecular complexity index is 826. The molecule has 4 heteroatoms. The molecule has 3 aromatic rings.